The number of methoxy groups -OCH3 is 1. The third kappa shape index (κ3) is 8.99. The second-order valence-electron chi connectivity index (χ2n) is 17.6. The Labute approximate surface area is 355 Å². The van der Waals surface area contributed by atoms with Crippen LogP contribution in [0.3, 0.4) is 0 Å². The first-order valence-electron chi connectivity index (χ1n) is 20.9. The molecule has 7 rings (SSSR count). The van der Waals surface area contributed by atoms with Crippen molar-refractivity contribution in [3.8, 4) is 22.9 Å². The van der Waals surface area contributed by atoms with E-state index in [1.807, 2.05) is 71.2 Å². The lowest BCUT2D eigenvalue weighted by molar-refractivity contribution is -0.142. The second-order valence-corrected chi connectivity index (χ2v) is 20.9. The number of alkyl carbamates (subject to hydrolysis) is 1. The fourth-order valence-corrected chi connectivity index (χ4v) is 11.8. The maximum absolute atomic E-state index is 14.9. The first-order chi connectivity index (χ1) is 28.5. The smallest absolute Gasteiger partial charge is 0.408 e. The van der Waals surface area contributed by atoms with Gasteiger partial charge < -0.3 is 40.0 Å². The molecule has 3 aliphatic rings. The highest BCUT2D eigenvalue weighted by molar-refractivity contribution is 7.68. The number of nitrogens with zero attached hydrogens (tertiary/aromatic N) is 3. The van der Waals surface area contributed by atoms with E-state index < -0.39 is 54.2 Å². The van der Waals surface area contributed by atoms with Crippen LogP contribution in [-0.4, -0.2) is 86.9 Å². The zero-order valence-corrected chi connectivity index (χ0v) is 37.1. The molecule has 2 saturated carbocycles. The number of hydrogen-bond acceptors (Lipinski definition) is 11. The molecule has 0 radical (unpaired) electrons. The fraction of sp³-hybridized carbons (Fsp3) is 0.523. The van der Waals surface area contributed by atoms with Gasteiger partial charge in [0.2, 0.25) is 11.8 Å². The molecular formula is C44H57N6O8PS. The number of amides is 3. The van der Waals surface area contributed by atoms with E-state index in [4.69, 9.17) is 24.2 Å². The average molecular weight is 861 g/mol. The van der Waals surface area contributed by atoms with Crippen molar-refractivity contribution in [3.05, 3.63) is 60.0 Å². The molecule has 2 aromatic heterocycles. The van der Waals surface area contributed by atoms with E-state index in [0.29, 0.717) is 46.6 Å². The maximum atomic E-state index is 14.9. The predicted molar refractivity (Wildman–Crippen MR) is 233 cm³/mol. The first kappa shape index (κ1) is 43.4. The second kappa shape index (κ2) is 17.3. The number of fused-ring (bicyclic) bond motifs is 1. The zero-order valence-electron chi connectivity index (χ0n) is 35.4. The quantitative estimate of drug-likeness (QED) is 0.0925. The number of carbonyl (C=O) groups excluding carboxylic acids is 3. The first-order valence-corrected chi connectivity index (χ1v) is 23.4. The van der Waals surface area contributed by atoms with Gasteiger partial charge in [0.15, 0.2) is 5.13 Å². The van der Waals surface area contributed by atoms with Crippen molar-refractivity contribution in [2.24, 2.45) is 11.3 Å². The number of aromatic nitrogens is 2. The molecule has 2 aliphatic carbocycles. The van der Waals surface area contributed by atoms with E-state index in [2.05, 4.69) is 16.0 Å². The number of anilines is 1. The van der Waals surface area contributed by atoms with Crippen LogP contribution in [0.2, 0.25) is 0 Å². The van der Waals surface area contributed by atoms with Gasteiger partial charge in [-0.3, -0.25) is 14.2 Å². The molecule has 14 nitrogen and oxygen atoms in total. The zero-order chi connectivity index (χ0) is 43.0. The Morgan fingerprint density at radius 2 is 1.77 bits per heavy atom. The third-order valence-corrected chi connectivity index (χ3v) is 15.3. The van der Waals surface area contributed by atoms with Crippen LogP contribution in [0.25, 0.3) is 22.3 Å². The Kier molecular flexibility index (Phi) is 12.5. The van der Waals surface area contributed by atoms with Gasteiger partial charge in [-0.05, 0) is 81.5 Å². The molecule has 1 saturated heterocycles. The lowest BCUT2D eigenvalue weighted by Gasteiger charge is -2.36. The number of thiazole rings is 1. The van der Waals surface area contributed by atoms with Gasteiger partial charge >= 0.3 is 6.09 Å². The van der Waals surface area contributed by atoms with Gasteiger partial charge in [0.25, 0.3) is 7.37 Å². The molecule has 1 unspecified atom stereocenters. The Bertz CT molecular complexity index is 2260. The Balaban J connectivity index is 1.23. The average Bonchev–Trinajstić information content (AvgIpc) is 3.61. The number of ether oxygens (including phenoxy) is 3. The standard InChI is InChI=1S/C44H57N6O8PS/c1-8-27-23-44(27,59(54,55)31-16-10-9-11-17-31)49-39(51)36-21-30(24-50(36)40(52)38(43(4,5)6)48-42(53)58-28-14-12-13-15-28)57-37-22-34(35-25-60-41(47-35)45-26(2)3)46-33-20-29(56-7)18-19-32(33)37/h9-11,16-20,22,25-28,30,36,38H,8,12-15,21,23-24H2,1-7H3,(H,45,47)(H,48,53)(H,49,51)(H,54,55)/t27-,30-,36+,38-,44+/m1/s1. The van der Waals surface area contributed by atoms with E-state index in [0.717, 1.165) is 30.8 Å². The third-order valence-electron chi connectivity index (χ3n) is 11.8. The van der Waals surface area contributed by atoms with E-state index in [1.54, 1.807) is 37.4 Å². The summed E-state index contributed by atoms with van der Waals surface area (Å²) in [5.74, 6) is -0.209. The number of pyridine rings is 1. The summed E-state index contributed by atoms with van der Waals surface area (Å²) in [5.41, 5.74) is 1.04. The number of rotatable bonds is 14. The lowest BCUT2D eigenvalue weighted by atomic mass is 9.85. The SMILES string of the molecule is CC[C@@H]1C[C@]1(NC(=O)[C@@H]1C[C@@H](Oc2cc(-c3csc(NC(C)C)n3)nc3cc(OC)ccc23)CN1C(=O)[C@@H](NC(=O)OC1CCCC1)C(C)(C)C)P(=O)(O)c1ccccc1. The van der Waals surface area contributed by atoms with Crippen LogP contribution in [0.4, 0.5) is 9.93 Å². The molecule has 322 valence electrons. The molecule has 4 aromatic rings. The molecule has 0 spiro atoms. The van der Waals surface area contributed by atoms with Crippen LogP contribution in [0.1, 0.15) is 86.5 Å². The van der Waals surface area contributed by atoms with E-state index >= 15 is 0 Å². The minimum absolute atomic E-state index is 0.00298. The summed E-state index contributed by atoms with van der Waals surface area (Å²) in [6, 6.07) is 13.7. The van der Waals surface area contributed by atoms with Gasteiger partial charge in [0.1, 0.15) is 46.8 Å². The van der Waals surface area contributed by atoms with Crippen LogP contribution in [0.5, 0.6) is 11.5 Å². The number of hydrogen-bond donors (Lipinski definition) is 4. The number of nitrogens with one attached hydrogen (secondary N) is 3. The van der Waals surface area contributed by atoms with E-state index in [9.17, 15) is 23.8 Å². The van der Waals surface area contributed by atoms with Crippen molar-refractivity contribution >= 4 is 58.0 Å². The number of likely N-dealkylation sites (tertiary alicyclic amines) is 1. The van der Waals surface area contributed by atoms with Crippen LogP contribution >= 0.6 is 18.7 Å². The van der Waals surface area contributed by atoms with Gasteiger partial charge in [0, 0.05) is 40.7 Å². The molecule has 60 heavy (non-hydrogen) atoms. The number of carbonyl (C=O) groups is 3. The van der Waals surface area contributed by atoms with Gasteiger partial charge in [-0.25, -0.2) is 14.8 Å². The molecule has 3 amide bonds. The molecule has 4 N–H and O–H groups in total. The highest BCUT2D eigenvalue weighted by atomic mass is 32.1. The van der Waals surface area contributed by atoms with Crippen molar-refractivity contribution in [2.75, 3.05) is 19.0 Å². The van der Waals surface area contributed by atoms with Gasteiger partial charge in [-0.2, -0.15) is 0 Å². The van der Waals surface area contributed by atoms with E-state index in [-0.39, 0.29) is 36.3 Å². The summed E-state index contributed by atoms with van der Waals surface area (Å²) < 4.78 is 32.4. The highest BCUT2D eigenvalue weighted by Crippen LogP contribution is 2.69. The minimum Gasteiger partial charge on any atom is -0.497 e. The predicted octanol–water partition coefficient (Wildman–Crippen LogP) is 7.46. The topological polar surface area (TPSA) is 181 Å². The monoisotopic (exact) mass is 860 g/mol. The highest BCUT2D eigenvalue weighted by Gasteiger charge is 2.66. The van der Waals surface area contributed by atoms with Crippen LogP contribution in [0.15, 0.2) is 60.0 Å². The molecule has 0 bridgehead atoms. The largest absolute Gasteiger partial charge is 0.497 e. The fourth-order valence-electron chi connectivity index (χ4n) is 8.47. The summed E-state index contributed by atoms with van der Waals surface area (Å²) in [7, 11) is -2.56. The molecule has 6 atom stereocenters. The van der Waals surface area contributed by atoms with Crippen molar-refractivity contribution in [2.45, 2.75) is 122 Å². The number of benzene rings is 2. The summed E-state index contributed by atoms with van der Waals surface area (Å²) in [6.45, 7) is 11.5. The van der Waals surface area contributed by atoms with Crippen LogP contribution in [-0.2, 0) is 18.9 Å². The summed E-state index contributed by atoms with van der Waals surface area (Å²) >= 11 is 1.47. The maximum Gasteiger partial charge on any atom is 0.408 e. The Morgan fingerprint density at radius 3 is 2.42 bits per heavy atom. The van der Waals surface area contributed by atoms with E-state index in [1.165, 1.54) is 16.2 Å². The molecular weight excluding hydrogens is 804 g/mol. The van der Waals surface area contributed by atoms with Crippen molar-refractivity contribution in [1.82, 2.24) is 25.5 Å². The lowest BCUT2D eigenvalue weighted by Crippen LogP contribution is -2.58. The summed E-state index contributed by atoms with van der Waals surface area (Å²) in [6.07, 6.45) is 2.84. The normalized spacial score (nSPS) is 23.2. The molecule has 16 heteroatoms. The molecule has 2 aromatic carbocycles. The van der Waals surface area contributed by atoms with Crippen LogP contribution < -0.4 is 30.7 Å². The summed E-state index contributed by atoms with van der Waals surface area (Å²) in [5, 5.41) is 11.4. The van der Waals surface area contributed by atoms with Crippen LogP contribution in [0, 0.1) is 11.3 Å². The molecule has 3 heterocycles. The van der Waals surface area contributed by atoms with Gasteiger partial charge in [0.05, 0.1) is 24.9 Å². The Hall–Kier alpha value is -4.72. The van der Waals surface area contributed by atoms with Crippen molar-refractivity contribution < 1.29 is 38.1 Å². The Morgan fingerprint density at radius 1 is 1.03 bits per heavy atom. The molecule has 3 fully saturated rings. The summed E-state index contributed by atoms with van der Waals surface area (Å²) in [4.78, 5) is 65.8. The van der Waals surface area contributed by atoms with Gasteiger partial charge in [-0.1, -0.05) is 52.3 Å². The molecule has 1 aliphatic heterocycles. The van der Waals surface area contributed by atoms with Crippen molar-refractivity contribution in [1.29, 1.82) is 0 Å². The van der Waals surface area contributed by atoms with Crippen molar-refractivity contribution in [3.63, 3.8) is 0 Å². The van der Waals surface area contributed by atoms with Gasteiger partial charge in [-0.15, -0.1) is 11.3 Å². The minimum atomic E-state index is -4.14.